The van der Waals surface area contributed by atoms with E-state index in [1.165, 1.54) is 0 Å². The van der Waals surface area contributed by atoms with Crippen LogP contribution in [0.5, 0.6) is 0 Å². The van der Waals surface area contributed by atoms with Gasteiger partial charge in [0.05, 0.1) is 17.6 Å². The van der Waals surface area contributed by atoms with Crippen LogP contribution in [-0.4, -0.2) is 37.7 Å². The molecule has 1 aromatic carbocycles. The summed E-state index contributed by atoms with van der Waals surface area (Å²) in [4.78, 5) is 22.2. The Balaban J connectivity index is 1.92. The van der Waals surface area contributed by atoms with Crippen LogP contribution in [0.4, 0.5) is 11.4 Å². The highest BCUT2D eigenvalue weighted by atomic mass is 16.1. The number of nitrogens with zero attached hydrogens (tertiary/aromatic N) is 3. The van der Waals surface area contributed by atoms with Gasteiger partial charge in [0.1, 0.15) is 6.17 Å². The Morgan fingerprint density at radius 1 is 1.14 bits per heavy atom. The van der Waals surface area contributed by atoms with Crippen LogP contribution in [0.1, 0.15) is 73.9 Å². The molecule has 1 aromatic heterocycles. The third-order valence-electron chi connectivity index (χ3n) is 5.72. The second kappa shape index (κ2) is 8.85. The zero-order chi connectivity index (χ0) is 21.1. The fourth-order valence-corrected chi connectivity index (χ4v) is 4.22. The Bertz CT molecular complexity index is 833. The molecular formula is C24H34N4O. The number of amides is 1. The molecule has 0 bridgehead atoms. The van der Waals surface area contributed by atoms with E-state index in [4.69, 9.17) is 0 Å². The number of rotatable bonds is 6. The number of carbonyl (C=O) groups excluding carboxylic acids is 1. The van der Waals surface area contributed by atoms with E-state index >= 15 is 0 Å². The number of hydrogen-bond donors (Lipinski definition) is 1. The van der Waals surface area contributed by atoms with Crippen LogP contribution in [0.3, 0.4) is 0 Å². The average molecular weight is 395 g/mol. The van der Waals surface area contributed by atoms with Crippen molar-refractivity contribution in [3.8, 4) is 0 Å². The van der Waals surface area contributed by atoms with Gasteiger partial charge in [-0.2, -0.15) is 0 Å². The van der Waals surface area contributed by atoms with Crippen LogP contribution in [-0.2, 0) is 0 Å². The van der Waals surface area contributed by atoms with Crippen molar-refractivity contribution in [2.24, 2.45) is 0 Å². The highest BCUT2D eigenvalue weighted by molar-refractivity contribution is 5.98. The molecule has 0 radical (unpaired) electrons. The van der Waals surface area contributed by atoms with Crippen LogP contribution in [0.2, 0.25) is 0 Å². The first kappa shape index (κ1) is 21.2. The molecular weight excluding hydrogens is 360 g/mol. The smallest absolute Gasteiger partial charge is 0.253 e. The molecule has 2 aromatic rings. The lowest BCUT2D eigenvalue weighted by atomic mass is 9.88. The molecule has 5 nitrogen and oxygen atoms in total. The van der Waals surface area contributed by atoms with Crippen molar-refractivity contribution in [3.63, 3.8) is 0 Å². The average Bonchev–Trinajstić information content (AvgIpc) is 3.14. The summed E-state index contributed by atoms with van der Waals surface area (Å²) in [7, 11) is 4.08. The zero-order valence-corrected chi connectivity index (χ0v) is 18.6. The van der Waals surface area contributed by atoms with Gasteiger partial charge in [-0.1, -0.05) is 45.9 Å². The van der Waals surface area contributed by atoms with Crippen molar-refractivity contribution in [3.05, 3.63) is 53.3 Å². The Morgan fingerprint density at radius 2 is 1.79 bits per heavy atom. The van der Waals surface area contributed by atoms with Crippen molar-refractivity contribution >= 4 is 17.3 Å². The molecule has 1 fully saturated rings. The van der Waals surface area contributed by atoms with Crippen LogP contribution in [0, 0.1) is 0 Å². The minimum atomic E-state index is -0.0226. The van der Waals surface area contributed by atoms with Crippen LogP contribution in [0.15, 0.2) is 36.7 Å². The first-order valence-corrected chi connectivity index (χ1v) is 10.6. The number of pyridine rings is 1. The van der Waals surface area contributed by atoms with E-state index in [-0.39, 0.29) is 12.1 Å². The Kier molecular flexibility index (Phi) is 6.46. The van der Waals surface area contributed by atoms with Crippen molar-refractivity contribution in [1.29, 1.82) is 0 Å². The fourth-order valence-electron chi connectivity index (χ4n) is 4.22. The first-order chi connectivity index (χ1) is 13.8. The molecule has 156 valence electrons. The van der Waals surface area contributed by atoms with Crippen LogP contribution in [0.25, 0.3) is 0 Å². The fraction of sp³-hybridized carbons (Fsp3) is 0.500. The van der Waals surface area contributed by atoms with Crippen molar-refractivity contribution in [2.75, 3.05) is 30.4 Å². The van der Waals surface area contributed by atoms with Gasteiger partial charge in [-0.05, 0) is 41.9 Å². The molecule has 29 heavy (non-hydrogen) atoms. The molecule has 0 aliphatic carbocycles. The summed E-state index contributed by atoms with van der Waals surface area (Å²) in [5.41, 5.74) is 5.28. The largest absolute Gasteiger partial charge is 0.376 e. The minimum Gasteiger partial charge on any atom is -0.376 e. The van der Waals surface area contributed by atoms with Gasteiger partial charge in [-0.25, -0.2) is 0 Å². The highest BCUT2D eigenvalue weighted by Gasteiger charge is 2.30. The monoisotopic (exact) mass is 394 g/mol. The predicted octanol–water partition coefficient (Wildman–Crippen LogP) is 4.75. The topological polar surface area (TPSA) is 48.5 Å². The number of hydrogen-bond acceptors (Lipinski definition) is 4. The lowest BCUT2D eigenvalue weighted by molar-refractivity contribution is 0.0935. The molecule has 1 aliphatic rings. The minimum absolute atomic E-state index is 0.0226. The number of benzene rings is 1. The molecule has 1 atom stereocenters. The van der Waals surface area contributed by atoms with Gasteiger partial charge in [-0.15, -0.1) is 0 Å². The van der Waals surface area contributed by atoms with E-state index in [0.29, 0.717) is 11.8 Å². The van der Waals surface area contributed by atoms with Gasteiger partial charge in [0.2, 0.25) is 0 Å². The van der Waals surface area contributed by atoms with E-state index < -0.39 is 0 Å². The molecule has 1 unspecified atom stereocenters. The summed E-state index contributed by atoms with van der Waals surface area (Å²) in [6.45, 7) is 9.52. The summed E-state index contributed by atoms with van der Waals surface area (Å²) in [6.07, 6.45) is 5.69. The van der Waals surface area contributed by atoms with Gasteiger partial charge in [-0.3, -0.25) is 9.78 Å². The maximum absolute atomic E-state index is 13.5. The summed E-state index contributed by atoms with van der Waals surface area (Å²) in [5, 5.41) is 3.34. The molecule has 1 saturated heterocycles. The standard InChI is InChI=1S/C24H34N4O/c1-16(2)18-9-7-10-19(17(3)4)23(18)24(29)26-22-11-8-14-28(22)21-15-25-13-12-20(21)27(5)6/h7,9-10,12-13,15-17,22H,8,11,14H2,1-6H3,(H,26,29). The summed E-state index contributed by atoms with van der Waals surface area (Å²) in [5.74, 6) is 0.630. The third kappa shape index (κ3) is 4.39. The third-order valence-corrected chi connectivity index (χ3v) is 5.72. The maximum Gasteiger partial charge on any atom is 0.253 e. The molecule has 0 saturated carbocycles. The van der Waals surface area contributed by atoms with Gasteiger partial charge in [0.15, 0.2) is 0 Å². The number of carbonyl (C=O) groups is 1. The van der Waals surface area contributed by atoms with Gasteiger partial charge in [0, 0.05) is 32.4 Å². The van der Waals surface area contributed by atoms with Crippen LogP contribution < -0.4 is 15.1 Å². The molecule has 1 N–H and O–H groups in total. The lowest BCUT2D eigenvalue weighted by Gasteiger charge is -2.31. The highest BCUT2D eigenvalue weighted by Crippen LogP contribution is 2.33. The summed E-state index contributed by atoms with van der Waals surface area (Å²) >= 11 is 0. The van der Waals surface area contributed by atoms with Gasteiger partial charge in [0.25, 0.3) is 5.91 Å². The van der Waals surface area contributed by atoms with E-state index in [2.05, 4.69) is 66.0 Å². The summed E-state index contributed by atoms with van der Waals surface area (Å²) in [6, 6.07) is 8.27. The van der Waals surface area contributed by atoms with Crippen molar-refractivity contribution in [1.82, 2.24) is 10.3 Å². The van der Waals surface area contributed by atoms with Crippen LogP contribution >= 0.6 is 0 Å². The Morgan fingerprint density at radius 3 is 2.38 bits per heavy atom. The Hall–Kier alpha value is -2.56. The second-order valence-electron chi connectivity index (χ2n) is 8.70. The van der Waals surface area contributed by atoms with Gasteiger partial charge < -0.3 is 15.1 Å². The number of anilines is 2. The van der Waals surface area contributed by atoms with Gasteiger partial charge >= 0.3 is 0 Å². The van der Waals surface area contributed by atoms with E-state index in [1.807, 2.05) is 32.6 Å². The Labute approximate surface area is 175 Å². The quantitative estimate of drug-likeness (QED) is 0.768. The molecule has 1 aliphatic heterocycles. The normalized spacial score (nSPS) is 16.6. The zero-order valence-electron chi connectivity index (χ0n) is 18.6. The lowest BCUT2D eigenvalue weighted by Crippen LogP contribution is -2.45. The number of nitrogens with one attached hydrogen (secondary N) is 1. The molecule has 5 heteroatoms. The van der Waals surface area contributed by atoms with Crippen molar-refractivity contribution < 1.29 is 4.79 Å². The molecule has 0 spiro atoms. The molecule has 2 heterocycles. The van der Waals surface area contributed by atoms with E-state index in [9.17, 15) is 4.79 Å². The molecule has 3 rings (SSSR count). The second-order valence-corrected chi connectivity index (χ2v) is 8.70. The molecule has 1 amide bonds. The predicted molar refractivity (Wildman–Crippen MR) is 121 cm³/mol. The maximum atomic E-state index is 13.5. The van der Waals surface area contributed by atoms with E-state index in [1.54, 1.807) is 0 Å². The number of aromatic nitrogens is 1. The van der Waals surface area contributed by atoms with Crippen molar-refractivity contribution in [2.45, 2.75) is 58.5 Å². The summed E-state index contributed by atoms with van der Waals surface area (Å²) < 4.78 is 0. The SMILES string of the molecule is CC(C)c1cccc(C(C)C)c1C(=O)NC1CCCN1c1cnccc1N(C)C. The first-order valence-electron chi connectivity index (χ1n) is 10.6. The van der Waals surface area contributed by atoms with E-state index in [0.717, 1.165) is 47.5 Å².